The van der Waals surface area contributed by atoms with Crippen LogP contribution < -0.4 is 5.43 Å². The molecule has 0 spiro atoms. The van der Waals surface area contributed by atoms with Crippen molar-refractivity contribution in [1.82, 2.24) is 10.3 Å². The van der Waals surface area contributed by atoms with Crippen LogP contribution in [0.5, 0.6) is 0 Å². The Balaban J connectivity index is 2.64. The molecule has 0 aromatic heterocycles. The molecule has 1 amide bonds. The highest BCUT2D eigenvalue weighted by atomic mass is 16.2. The zero-order valence-corrected chi connectivity index (χ0v) is 6.16. The average molecular weight is 141 g/mol. The summed E-state index contributed by atoms with van der Waals surface area (Å²) in [6, 6.07) is 0.207. The molecule has 0 atom stereocenters. The van der Waals surface area contributed by atoms with E-state index in [-0.39, 0.29) is 11.9 Å². The Morgan fingerprint density at radius 1 is 1.80 bits per heavy atom. The number of rotatable bonds is 1. The first-order valence-electron chi connectivity index (χ1n) is 3.29. The molecule has 0 aliphatic carbocycles. The van der Waals surface area contributed by atoms with Crippen molar-refractivity contribution in [2.75, 3.05) is 6.54 Å². The van der Waals surface area contributed by atoms with Gasteiger partial charge >= 0.3 is 0 Å². The number of hydrazone groups is 1. The molecular formula is C6H11N3O. The van der Waals surface area contributed by atoms with Gasteiger partial charge in [0.2, 0.25) is 5.91 Å². The Labute approximate surface area is 59.9 Å². The molecule has 0 bridgehead atoms. The molecule has 0 saturated carbocycles. The van der Waals surface area contributed by atoms with Crippen LogP contribution in [0.3, 0.4) is 0 Å². The van der Waals surface area contributed by atoms with E-state index < -0.39 is 0 Å². The van der Waals surface area contributed by atoms with Crippen LogP contribution in [0.1, 0.15) is 13.8 Å². The third-order valence-corrected chi connectivity index (χ3v) is 1.35. The molecule has 1 heterocycles. The molecule has 1 aliphatic heterocycles. The van der Waals surface area contributed by atoms with Crippen LogP contribution in [0.4, 0.5) is 0 Å². The highest BCUT2D eigenvalue weighted by Crippen LogP contribution is 1.97. The number of hydrogen-bond donors (Lipinski definition) is 1. The fraction of sp³-hybridized carbons (Fsp3) is 0.667. The van der Waals surface area contributed by atoms with Crippen molar-refractivity contribution < 1.29 is 4.79 Å². The van der Waals surface area contributed by atoms with E-state index in [1.54, 1.807) is 4.90 Å². The molecule has 0 aromatic carbocycles. The predicted molar refractivity (Wildman–Crippen MR) is 38.5 cm³/mol. The van der Waals surface area contributed by atoms with Gasteiger partial charge in [-0.1, -0.05) is 0 Å². The quantitative estimate of drug-likeness (QED) is 0.548. The molecule has 0 aromatic rings. The standard InChI is InChI=1S/C6H11N3O/c1-5(2)9-4-8-7-3-6(9)10/h4-5,7H,3H2,1-2H3. The Kier molecular flexibility index (Phi) is 1.89. The predicted octanol–water partition coefficient (Wildman–Crippen LogP) is -0.230. The lowest BCUT2D eigenvalue weighted by molar-refractivity contribution is -0.127. The van der Waals surface area contributed by atoms with Crippen molar-refractivity contribution >= 4 is 12.2 Å². The lowest BCUT2D eigenvalue weighted by atomic mass is 10.3. The number of nitrogens with zero attached hydrogens (tertiary/aromatic N) is 2. The van der Waals surface area contributed by atoms with Crippen LogP contribution in [-0.2, 0) is 4.79 Å². The normalized spacial score (nSPS) is 17.9. The van der Waals surface area contributed by atoms with Gasteiger partial charge in [0.15, 0.2) is 0 Å². The molecule has 4 nitrogen and oxygen atoms in total. The average Bonchev–Trinajstić information content (AvgIpc) is 1.88. The van der Waals surface area contributed by atoms with E-state index in [9.17, 15) is 4.79 Å². The summed E-state index contributed by atoms with van der Waals surface area (Å²) in [5, 5.41) is 3.76. The second kappa shape index (κ2) is 2.68. The lowest BCUT2D eigenvalue weighted by Gasteiger charge is -2.24. The van der Waals surface area contributed by atoms with E-state index in [2.05, 4.69) is 10.5 Å². The maximum absolute atomic E-state index is 11.0. The van der Waals surface area contributed by atoms with Gasteiger partial charge in [0, 0.05) is 6.04 Å². The van der Waals surface area contributed by atoms with E-state index in [1.165, 1.54) is 6.34 Å². The fourth-order valence-electron chi connectivity index (χ4n) is 0.793. The Hall–Kier alpha value is -1.06. The molecule has 0 unspecified atom stereocenters. The summed E-state index contributed by atoms with van der Waals surface area (Å²) in [5.74, 6) is 0.0741. The molecule has 0 fully saturated rings. The summed E-state index contributed by atoms with van der Waals surface area (Å²) in [7, 11) is 0. The zero-order chi connectivity index (χ0) is 7.56. The lowest BCUT2D eigenvalue weighted by Crippen LogP contribution is -2.44. The molecule has 1 aliphatic rings. The van der Waals surface area contributed by atoms with E-state index in [4.69, 9.17) is 0 Å². The first kappa shape index (κ1) is 7.05. The summed E-state index contributed by atoms with van der Waals surface area (Å²) in [5.41, 5.74) is 2.60. The zero-order valence-electron chi connectivity index (χ0n) is 6.16. The van der Waals surface area contributed by atoms with Crippen molar-refractivity contribution in [3.8, 4) is 0 Å². The van der Waals surface area contributed by atoms with Crippen LogP contribution in [-0.4, -0.2) is 29.7 Å². The van der Waals surface area contributed by atoms with E-state index in [1.807, 2.05) is 13.8 Å². The van der Waals surface area contributed by atoms with Crippen LogP contribution in [0.15, 0.2) is 5.10 Å². The smallest absolute Gasteiger partial charge is 0.248 e. The molecule has 10 heavy (non-hydrogen) atoms. The highest BCUT2D eigenvalue weighted by Gasteiger charge is 2.16. The van der Waals surface area contributed by atoms with E-state index in [0.717, 1.165) is 0 Å². The SMILES string of the molecule is CC(C)N1C=NNCC1=O. The second-order valence-corrected chi connectivity index (χ2v) is 2.47. The van der Waals surface area contributed by atoms with E-state index in [0.29, 0.717) is 6.54 Å². The van der Waals surface area contributed by atoms with Crippen LogP contribution in [0.2, 0.25) is 0 Å². The van der Waals surface area contributed by atoms with Gasteiger partial charge in [-0.25, -0.2) is 0 Å². The van der Waals surface area contributed by atoms with Crippen LogP contribution in [0, 0.1) is 0 Å². The maximum Gasteiger partial charge on any atom is 0.248 e. The molecule has 0 radical (unpaired) electrons. The maximum atomic E-state index is 11.0. The van der Waals surface area contributed by atoms with Crippen LogP contribution >= 0.6 is 0 Å². The molecular weight excluding hydrogens is 130 g/mol. The first-order valence-corrected chi connectivity index (χ1v) is 3.29. The summed E-state index contributed by atoms with van der Waals surface area (Å²) >= 11 is 0. The third kappa shape index (κ3) is 1.26. The van der Waals surface area contributed by atoms with Gasteiger partial charge in [-0.2, -0.15) is 5.10 Å². The molecule has 1 N–H and O–H groups in total. The van der Waals surface area contributed by atoms with Gasteiger partial charge in [0.05, 0.1) is 0 Å². The minimum absolute atomic E-state index is 0.0741. The largest absolute Gasteiger partial charge is 0.299 e. The van der Waals surface area contributed by atoms with Crippen molar-refractivity contribution in [2.45, 2.75) is 19.9 Å². The van der Waals surface area contributed by atoms with Gasteiger partial charge in [0.25, 0.3) is 0 Å². The summed E-state index contributed by atoms with van der Waals surface area (Å²) in [6.45, 7) is 4.22. The number of nitrogens with one attached hydrogen (secondary N) is 1. The summed E-state index contributed by atoms with van der Waals surface area (Å²) < 4.78 is 0. The van der Waals surface area contributed by atoms with Crippen LogP contribution in [0.25, 0.3) is 0 Å². The van der Waals surface area contributed by atoms with Crippen molar-refractivity contribution in [3.63, 3.8) is 0 Å². The highest BCUT2D eigenvalue weighted by molar-refractivity contribution is 5.90. The fourth-order valence-corrected chi connectivity index (χ4v) is 0.793. The van der Waals surface area contributed by atoms with Crippen molar-refractivity contribution in [2.24, 2.45) is 5.10 Å². The number of carbonyl (C=O) groups is 1. The minimum atomic E-state index is 0.0741. The van der Waals surface area contributed by atoms with E-state index >= 15 is 0 Å². The number of carbonyl (C=O) groups excluding carboxylic acids is 1. The van der Waals surface area contributed by atoms with Crippen molar-refractivity contribution in [3.05, 3.63) is 0 Å². The Morgan fingerprint density at radius 3 is 2.90 bits per heavy atom. The molecule has 0 saturated heterocycles. The van der Waals surface area contributed by atoms with Gasteiger partial charge in [-0.3, -0.25) is 15.1 Å². The molecule has 56 valence electrons. The topological polar surface area (TPSA) is 44.7 Å². The monoisotopic (exact) mass is 141 g/mol. The number of hydrogen-bond acceptors (Lipinski definition) is 3. The van der Waals surface area contributed by atoms with Gasteiger partial charge in [-0.15, -0.1) is 0 Å². The Bertz CT molecular complexity index is 164. The third-order valence-electron chi connectivity index (χ3n) is 1.35. The second-order valence-electron chi connectivity index (χ2n) is 2.47. The molecule has 4 heteroatoms. The molecule has 1 rings (SSSR count). The van der Waals surface area contributed by atoms with Gasteiger partial charge in [0.1, 0.15) is 12.9 Å². The minimum Gasteiger partial charge on any atom is -0.299 e. The van der Waals surface area contributed by atoms with Gasteiger partial charge in [-0.05, 0) is 13.8 Å². The van der Waals surface area contributed by atoms with Gasteiger partial charge < -0.3 is 0 Å². The Morgan fingerprint density at radius 2 is 2.50 bits per heavy atom. The summed E-state index contributed by atoms with van der Waals surface area (Å²) in [6.07, 6.45) is 1.52. The number of amides is 1. The first-order chi connectivity index (χ1) is 4.72. The van der Waals surface area contributed by atoms with Crippen molar-refractivity contribution in [1.29, 1.82) is 0 Å². The summed E-state index contributed by atoms with van der Waals surface area (Å²) in [4.78, 5) is 12.6.